The molecule has 6 heteroatoms. The average molecular weight is 266 g/mol. The zero-order valence-corrected chi connectivity index (χ0v) is 11.0. The SMILES string of the molecule is CC[C@H](NC(=O)Nc1ccccc1COC)C(=O)O. The van der Waals surface area contributed by atoms with Crippen molar-refractivity contribution in [2.45, 2.75) is 26.0 Å². The Labute approximate surface area is 111 Å². The molecule has 1 rings (SSSR count). The van der Waals surface area contributed by atoms with E-state index in [4.69, 9.17) is 9.84 Å². The van der Waals surface area contributed by atoms with E-state index < -0.39 is 18.0 Å². The minimum absolute atomic E-state index is 0.322. The van der Waals surface area contributed by atoms with Gasteiger partial charge in [0, 0.05) is 18.4 Å². The molecule has 0 bridgehead atoms. The van der Waals surface area contributed by atoms with Gasteiger partial charge in [0.1, 0.15) is 6.04 Å². The van der Waals surface area contributed by atoms with Crippen molar-refractivity contribution in [1.82, 2.24) is 5.32 Å². The van der Waals surface area contributed by atoms with Crippen LogP contribution in [-0.4, -0.2) is 30.3 Å². The standard InChI is InChI=1S/C13H18N2O4/c1-3-10(12(16)17)14-13(18)15-11-7-5-4-6-9(11)8-19-2/h4-7,10H,3,8H2,1-2H3,(H,16,17)(H2,14,15,18)/t10-/m0/s1. The number of ether oxygens (including phenoxy) is 1. The van der Waals surface area contributed by atoms with Crippen molar-refractivity contribution in [3.05, 3.63) is 29.8 Å². The molecule has 1 atom stereocenters. The summed E-state index contributed by atoms with van der Waals surface area (Å²) in [5, 5.41) is 13.9. The summed E-state index contributed by atoms with van der Waals surface area (Å²) in [7, 11) is 1.56. The lowest BCUT2D eigenvalue weighted by atomic mass is 10.2. The van der Waals surface area contributed by atoms with E-state index in [9.17, 15) is 9.59 Å². The van der Waals surface area contributed by atoms with Crippen molar-refractivity contribution in [2.75, 3.05) is 12.4 Å². The summed E-state index contributed by atoms with van der Waals surface area (Å²) >= 11 is 0. The van der Waals surface area contributed by atoms with E-state index in [1.165, 1.54) is 0 Å². The fraction of sp³-hybridized carbons (Fsp3) is 0.385. The van der Waals surface area contributed by atoms with Crippen molar-refractivity contribution >= 4 is 17.7 Å². The van der Waals surface area contributed by atoms with Gasteiger partial charge in [0.15, 0.2) is 0 Å². The third kappa shape index (κ3) is 4.59. The Morgan fingerprint density at radius 2 is 2.05 bits per heavy atom. The molecule has 0 aliphatic rings. The number of hydrogen-bond donors (Lipinski definition) is 3. The molecule has 1 aromatic rings. The summed E-state index contributed by atoms with van der Waals surface area (Å²) in [6.45, 7) is 2.06. The molecule has 1 aromatic carbocycles. The second kappa shape index (κ2) is 7.38. The van der Waals surface area contributed by atoms with E-state index in [2.05, 4.69) is 10.6 Å². The van der Waals surface area contributed by atoms with Crippen LogP contribution < -0.4 is 10.6 Å². The van der Waals surface area contributed by atoms with E-state index in [1.807, 2.05) is 12.1 Å². The van der Waals surface area contributed by atoms with Gasteiger partial charge >= 0.3 is 12.0 Å². The van der Waals surface area contributed by atoms with Gasteiger partial charge in [0.2, 0.25) is 0 Å². The monoisotopic (exact) mass is 266 g/mol. The number of carboxylic acids is 1. The molecule has 0 heterocycles. The van der Waals surface area contributed by atoms with Gasteiger partial charge < -0.3 is 20.5 Å². The van der Waals surface area contributed by atoms with Crippen LogP contribution in [0.5, 0.6) is 0 Å². The molecule has 0 fully saturated rings. The van der Waals surface area contributed by atoms with Crippen molar-refractivity contribution in [3.63, 3.8) is 0 Å². The number of rotatable bonds is 6. The lowest BCUT2D eigenvalue weighted by molar-refractivity contribution is -0.139. The number of aliphatic carboxylic acids is 1. The molecular weight excluding hydrogens is 248 g/mol. The van der Waals surface area contributed by atoms with Crippen LogP contribution in [0.1, 0.15) is 18.9 Å². The third-order valence-corrected chi connectivity index (χ3v) is 2.58. The van der Waals surface area contributed by atoms with Gasteiger partial charge in [0.05, 0.1) is 6.61 Å². The smallest absolute Gasteiger partial charge is 0.326 e. The number of anilines is 1. The Hall–Kier alpha value is -2.08. The highest BCUT2D eigenvalue weighted by Crippen LogP contribution is 2.15. The summed E-state index contributed by atoms with van der Waals surface area (Å²) in [4.78, 5) is 22.5. The zero-order valence-electron chi connectivity index (χ0n) is 11.0. The molecule has 0 saturated heterocycles. The molecule has 3 N–H and O–H groups in total. The number of methoxy groups -OCH3 is 1. The molecule has 0 aromatic heterocycles. The average Bonchev–Trinajstić information content (AvgIpc) is 2.38. The minimum atomic E-state index is -1.05. The van der Waals surface area contributed by atoms with Crippen molar-refractivity contribution in [1.29, 1.82) is 0 Å². The number of carboxylic acid groups (broad SMARTS) is 1. The van der Waals surface area contributed by atoms with Crippen LogP contribution in [0.25, 0.3) is 0 Å². The highest BCUT2D eigenvalue weighted by Gasteiger charge is 2.17. The number of nitrogens with one attached hydrogen (secondary N) is 2. The molecule has 0 aliphatic carbocycles. The first-order valence-electron chi connectivity index (χ1n) is 5.95. The highest BCUT2D eigenvalue weighted by atomic mass is 16.5. The molecule has 2 amide bonds. The molecule has 0 radical (unpaired) electrons. The second-order valence-electron chi connectivity index (χ2n) is 3.99. The largest absolute Gasteiger partial charge is 0.480 e. The first kappa shape index (κ1) is 15.0. The topological polar surface area (TPSA) is 87.7 Å². The van der Waals surface area contributed by atoms with E-state index in [-0.39, 0.29) is 0 Å². The number of benzene rings is 1. The number of carbonyl (C=O) groups is 2. The van der Waals surface area contributed by atoms with Gasteiger partial charge in [-0.3, -0.25) is 0 Å². The summed E-state index contributed by atoms with van der Waals surface area (Å²) in [5.41, 5.74) is 1.42. The maximum atomic E-state index is 11.7. The first-order valence-corrected chi connectivity index (χ1v) is 5.95. The van der Waals surface area contributed by atoms with Crippen molar-refractivity contribution in [3.8, 4) is 0 Å². The fourth-order valence-corrected chi connectivity index (χ4v) is 1.58. The summed E-state index contributed by atoms with van der Waals surface area (Å²) < 4.78 is 5.02. The van der Waals surface area contributed by atoms with Gasteiger partial charge in [-0.25, -0.2) is 9.59 Å². The van der Waals surface area contributed by atoms with Crippen molar-refractivity contribution in [2.24, 2.45) is 0 Å². The van der Waals surface area contributed by atoms with Gasteiger partial charge in [0.25, 0.3) is 0 Å². The molecular formula is C13H18N2O4. The van der Waals surface area contributed by atoms with Crippen LogP contribution >= 0.6 is 0 Å². The minimum Gasteiger partial charge on any atom is -0.480 e. The van der Waals surface area contributed by atoms with Crippen LogP contribution in [0, 0.1) is 0 Å². The van der Waals surface area contributed by atoms with Crippen LogP contribution in [0.2, 0.25) is 0 Å². The third-order valence-electron chi connectivity index (χ3n) is 2.58. The maximum absolute atomic E-state index is 11.7. The number of urea groups is 1. The van der Waals surface area contributed by atoms with E-state index >= 15 is 0 Å². The normalized spacial score (nSPS) is 11.7. The van der Waals surface area contributed by atoms with Crippen LogP contribution in [-0.2, 0) is 16.1 Å². The summed E-state index contributed by atoms with van der Waals surface area (Å²) in [5.74, 6) is -1.05. The molecule has 0 spiro atoms. The number of hydrogen-bond acceptors (Lipinski definition) is 3. The van der Waals surface area contributed by atoms with E-state index in [0.717, 1.165) is 5.56 Å². The highest BCUT2D eigenvalue weighted by molar-refractivity contribution is 5.92. The Morgan fingerprint density at radius 3 is 2.63 bits per heavy atom. The van der Waals surface area contributed by atoms with Gasteiger partial charge in [-0.1, -0.05) is 25.1 Å². The molecule has 0 aliphatic heterocycles. The summed E-state index contributed by atoms with van der Waals surface area (Å²) in [6.07, 6.45) is 0.322. The predicted molar refractivity (Wildman–Crippen MR) is 71.0 cm³/mol. The maximum Gasteiger partial charge on any atom is 0.326 e. The number of carbonyl (C=O) groups excluding carboxylic acids is 1. The lowest BCUT2D eigenvalue weighted by Crippen LogP contribution is -2.42. The van der Waals surface area contributed by atoms with Crippen LogP contribution in [0.15, 0.2) is 24.3 Å². The molecule has 19 heavy (non-hydrogen) atoms. The zero-order chi connectivity index (χ0) is 14.3. The predicted octanol–water partition coefficient (Wildman–Crippen LogP) is 1.82. The Kier molecular flexibility index (Phi) is 5.81. The van der Waals surface area contributed by atoms with E-state index in [0.29, 0.717) is 18.7 Å². The Balaban J connectivity index is 2.69. The quantitative estimate of drug-likeness (QED) is 0.732. The Bertz CT molecular complexity index is 448. The number of para-hydroxylation sites is 1. The van der Waals surface area contributed by atoms with Crippen LogP contribution in [0.3, 0.4) is 0 Å². The van der Waals surface area contributed by atoms with E-state index in [1.54, 1.807) is 26.2 Å². The molecule has 104 valence electrons. The van der Waals surface area contributed by atoms with Gasteiger partial charge in [-0.05, 0) is 12.5 Å². The number of amides is 2. The van der Waals surface area contributed by atoms with Gasteiger partial charge in [-0.2, -0.15) is 0 Å². The first-order chi connectivity index (χ1) is 9.08. The van der Waals surface area contributed by atoms with Crippen molar-refractivity contribution < 1.29 is 19.4 Å². The molecule has 0 saturated carbocycles. The lowest BCUT2D eigenvalue weighted by Gasteiger charge is -2.15. The van der Waals surface area contributed by atoms with Gasteiger partial charge in [-0.15, -0.1) is 0 Å². The molecule has 0 unspecified atom stereocenters. The molecule has 6 nitrogen and oxygen atoms in total. The van der Waals surface area contributed by atoms with Crippen LogP contribution in [0.4, 0.5) is 10.5 Å². The second-order valence-corrected chi connectivity index (χ2v) is 3.99. The Morgan fingerprint density at radius 1 is 1.37 bits per heavy atom. The fourth-order valence-electron chi connectivity index (χ4n) is 1.58. The summed E-state index contributed by atoms with van der Waals surface area (Å²) in [6, 6.07) is 5.74.